The Hall–Kier alpha value is -1.72. The van der Waals surface area contributed by atoms with Gasteiger partial charge in [0.25, 0.3) is 0 Å². The summed E-state index contributed by atoms with van der Waals surface area (Å²) in [4.78, 5) is 23.4. The van der Waals surface area contributed by atoms with Crippen molar-refractivity contribution in [1.82, 2.24) is 10.6 Å². The molecule has 0 heterocycles. The molecule has 5 heteroatoms. The van der Waals surface area contributed by atoms with Crippen LogP contribution >= 0.6 is 0 Å². The largest absolute Gasteiger partial charge is 0.344 e. The van der Waals surface area contributed by atoms with Crippen LogP contribution in [0, 0.1) is 0 Å². The van der Waals surface area contributed by atoms with Gasteiger partial charge in [-0.1, -0.05) is 30.3 Å². The number of carbonyl (C=O) groups excluding carboxylic acids is 2. The van der Waals surface area contributed by atoms with Crippen molar-refractivity contribution in [3.63, 3.8) is 0 Å². The first-order valence-corrected chi connectivity index (χ1v) is 7.25. The molecular formula is C16H24N3O2. The van der Waals surface area contributed by atoms with Crippen molar-refractivity contribution < 1.29 is 11.0 Å². The predicted octanol–water partition coefficient (Wildman–Crippen LogP) is 0.541. The van der Waals surface area contributed by atoms with Crippen LogP contribution in [0.5, 0.6) is 0 Å². The molecule has 1 rings (SSSR count). The topological polar surface area (TPSA) is 84.2 Å². The normalized spacial score (nSPS) is 14.1. The summed E-state index contributed by atoms with van der Waals surface area (Å²) in [5.41, 5.74) is 6.41. The van der Waals surface area contributed by atoms with Crippen LogP contribution in [0.2, 0.25) is 1.41 Å². The summed E-state index contributed by atoms with van der Waals surface area (Å²) >= 11 is 0. The molecule has 5 nitrogen and oxygen atoms in total. The minimum absolute atomic E-state index is 0.414. The second-order valence-electron chi connectivity index (χ2n) is 4.92. The number of carbonyl (C=O) groups is 1. The summed E-state index contributed by atoms with van der Waals surface area (Å²) in [6.45, 7) is 0.532. The Balaban J connectivity index is 2.66. The van der Waals surface area contributed by atoms with E-state index in [2.05, 4.69) is 5.32 Å². The smallest absolute Gasteiger partial charge is 0.238 e. The van der Waals surface area contributed by atoms with Crippen molar-refractivity contribution in [2.75, 3.05) is 13.6 Å². The van der Waals surface area contributed by atoms with E-state index in [4.69, 9.17) is 7.15 Å². The molecule has 0 saturated heterocycles. The number of likely N-dealkylation sites (N-methyl/N-ethyl adjacent to an activating group) is 1. The molecular weight excluding hydrogens is 266 g/mol. The average Bonchev–Trinajstić information content (AvgIpc) is 2.56. The molecule has 0 saturated carbocycles. The second-order valence-corrected chi connectivity index (χ2v) is 4.92. The zero-order valence-corrected chi connectivity index (χ0v) is 12.4. The fourth-order valence-corrected chi connectivity index (χ4v) is 2.04. The minimum Gasteiger partial charge on any atom is -0.344 e. The highest BCUT2D eigenvalue weighted by Gasteiger charge is 2.20. The lowest BCUT2D eigenvalue weighted by Crippen LogP contribution is -2.48. The number of unbranched alkanes of at least 4 members (excludes halogenated alkanes) is 1. The fourth-order valence-electron chi connectivity index (χ4n) is 2.04. The van der Waals surface area contributed by atoms with Crippen molar-refractivity contribution >= 4 is 12.2 Å². The lowest BCUT2D eigenvalue weighted by atomic mass is 10.0. The quantitative estimate of drug-likeness (QED) is 0.549. The van der Waals surface area contributed by atoms with Crippen molar-refractivity contribution in [3.8, 4) is 0 Å². The summed E-state index contributed by atoms with van der Waals surface area (Å²) in [5, 5.41) is 3.66. The van der Waals surface area contributed by atoms with Gasteiger partial charge < -0.3 is 16.4 Å². The van der Waals surface area contributed by atoms with Gasteiger partial charge >= 0.3 is 0 Å². The van der Waals surface area contributed by atoms with Crippen molar-refractivity contribution in [2.24, 2.45) is 5.73 Å². The molecule has 4 N–H and O–H groups in total. The van der Waals surface area contributed by atoms with E-state index in [1.165, 1.54) is 0 Å². The van der Waals surface area contributed by atoms with Gasteiger partial charge in [0.1, 0.15) is 0 Å². The van der Waals surface area contributed by atoms with Gasteiger partial charge in [-0.2, -0.15) is 0 Å². The summed E-state index contributed by atoms with van der Waals surface area (Å²) in [6, 6.07) is 8.19. The first-order chi connectivity index (χ1) is 10.6. The maximum atomic E-state index is 12.4. The van der Waals surface area contributed by atoms with E-state index in [9.17, 15) is 9.59 Å². The molecule has 0 spiro atoms. The lowest BCUT2D eigenvalue weighted by molar-refractivity contribution is -0.123. The number of nitrogens with two attached hydrogens (primary N) is 1. The van der Waals surface area contributed by atoms with Gasteiger partial charge in [0.2, 0.25) is 12.2 Å². The molecule has 2 atom stereocenters. The predicted molar refractivity (Wildman–Crippen MR) is 83.5 cm³/mol. The van der Waals surface area contributed by atoms with Crippen LogP contribution in [0.1, 0.15) is 24.8 Å². The van der Waals surface area contributed by atoms with Crippen LogP contribution in [-0.4, -0.2) is 37.9 Å². The van der Waals surface area contributed by atoms with Crippen LogP contribution in [0.3, 0.4) is 0 Å². The van der Waals surface area contributed by atoms with E-state index in [1.807, 2.05) is 30.3 Å². The molecule has 0 aliphatic heterocycles. The van der Waals surface area contributed by atoms with Crippen LogP contribution in [0.4, 0.5) is 0 Å². The minimum atomic E-state index is -0.842. The third-order valence-corrected chi connectivity index (χ3v) is 3.28. The Morgan fingerprint density at radius 1 is 1.38 bits per heavy atom. The number of nitrogens with one attached hydrogen (secondary N) is 2. The van der Waals surface area contributed by atoms with E-state index < -0.39 is 18.0 Å². The molecule has 115 valence electrons. The van der Waals surface area contributed by atoms with Crippen LogP contribution in [0.25, 0.3) is 0 Å². The van der Waals surface area contributed by atoms with Gasteiger partial charge in [-0.25, -0.2) is 0 Å². The molecule has 1 radical (unpaired) electrons. The Morgan fingerprint density at radius 2 is 2.10 bits per heavy atom. The zero-order valence-electron chi connectivity index (χ0n) is 13.4. The molecule has 1 aromatic rings. The van der Waals surface area contributed by atoms with Crippen molar-refractivity contribution in [1.29, 1.82) is 0 Å². The SMILES string of the molecule is [2H]N(C(=O)[C@H](Cc1ccccc1)NC)[C@H]([C]=O)CCCCN. The molecule has 1 aromatic carbocycles. The van der Waals surface area contributed by atoms with Crippen LogP contribution in [0.15, 0.2) is 30.3 Å². The zero-order chi connectivity index (χ0) is 16.4. The Morgan fingerprint density at radius 3 is 2.67 bits per heavy atom. The number of hydrogen-bond acceptors (Lipinski definition) is 4. The number of hydrogen-bond donors (Lipinski definition) is 3. The Bertz CT molecular complexity index is 456. The first-order valence-electron chi connectivity index (χ1n) is 7.69. The number of rotatable bonds is 10. The molecule has 0 aliphatic carbocycles. The summed E-state index contributed by atoms with van der Waals surface area (Å²) in [5.74, 6) is -0.424. The standard InChI is InChI=1S/C16H24N3O2/c1-18-15(11-13-7-3-2-4-8-13)16(21)19-14(12-20)9-5-6-10-17/h2-4,7-8,14-15,18H,5-6,9-11,17H2,1H3,(H,19,21)/t14-,15-/m0/s1/i/hD. The lowest BCUT2D eigenvalue weighted by Gasteiger charge is -2.19. The van der Waals surface area contributed by atoms with E-state index >= 15 is 0 Å². The Labute approximate surface area is 127 Å². The van der Waals surface area contributed by atoms with Gasteiger partial charge in [-0.3, -0.25) is 9.59 Å². The summed E-state index contributed by atoms with van der Waals surface area (Å²) in [7, 11) is 1.67. The maximum absolute atomic E-state index is 12.4. The van der Waals surface area contributed by atoms with Gasteiger partial charge in [0.05, 0.1) is 12.1 Å². The maximum Gasteiger partial charge on any atom is 0.238 e. The Kier molecular flexibility index (Phi) is 7.51. The molecule has 0 aromatic heterocycles. The van der Waals surface area contributed by atoms with E-state index in [1.54, 1.807) is 13.3 Å². The molecule has 0 fully saturated rings. The monoisotopic (exact) mass is 291 g/mol. The highest BCUT2D eigenvalue weighted by Crippen LogP contribution is 2.04. The van der Waals surface area contributed by atoms with Crippen LogP contribution in [-0.2, 0) is 16.0 Å². The van der Waals surface area contributed by atoms with Crippen molar-refractivity contribution in [2.45, 2.75) is 37.8 Å². The van der Waals surface area contributed by atoms with E-state index in [0.717, 1.165) is 17.3 Å². The highest BCUT2D eigenvalue weighted by atomic mass is 16.2. The van der Waals surface area contributed by atoms with Gasteiger partial charge in [0.15, 0.2) is 1.41 Å². The van der Waals surface area contributed by atoms with Gasteiger partial charge in [-0.05, 0) is 44.8 Å². The number of benzene rings is 1. The van der Waals surface area contributed by atoms with E-state index in [0.29, 0.717) is 25.8 Å². The highest BCUT2D eigenvalue weighted by molar-refractivity contribution is 5.84. The van der Waals surface area contributed by atoms with Crippen molar-refractivity contribution in [3.05, 3.63) is 35.9 Å². The molecule has 21 heavy (non-hydrogen) atoms. The molecule has 1 amide bonds. The van der Waals surface area contributed by atoms with E-state index in [-0.39, 0.29) is 0 Å². The third kappa shape index (κ3) is 6.51. The average molecular weight is 291 g/mol. The molecule has 0 aliphatic rings. The second kappa shape index (κ2) is 10.1. The molecule has 0 bridgehead atoms. The number of amides is 1. The fraction of sp³-hybridized carbons (Fsp3) is 0.500. The summed E-state index contributed by atoms with van der Waals surface area (Å²) in [6.07, 6.45) is 4.13. The van der Waals surface area contributed by atoms with Crippen LogP contribution < -0.4 is 16.4 Å². The van der Waals surface area contributed by atoms with Gasteiger partial charge in [-0.15, -0.1) is 0 Å². The van der Waals surface area contributed by atoms with Gasteiger partial charge in [0, 0.05) is 0 Å². The third-order valence-electron chi connectivity index (χ3n) is 3.28. The first kappa shape index (κ1) is 15.7. The summed E-state index contributed by atoms with van der Waals surface area (Å²) < 4.78 is 7.92. The molecule has 0 unspecified atom stereocenters.